The molecular formula is C14H24N2OS. The van der Waals surface area contributed by atoms with Gasteiger partial charge in [-0.1, -0.05) is 39.0 Å². The second kappa shape index (κ2) is 5.57. The summed E-state index contributed by atoms with van der Waals surface area (Å²) in [7, 11) is 0. The monoisotopic (exact) mass is 268 g/mol. The summed E-state index contributed by atoms with van der Waals surface area (Å²) < 4.78 is 0. The molecule has 1 aromatic rings. The highest BCUT2D eigenvalue weighted by Gasteiger charge is 2.23. The minimum Gasteiger partial charge on any atom is -0.316 e. The number of H-pyrrole nitrogens is 1. The fourth-order valence-corrected chi connectivity index (χ4v) is 4.11. The fourth-order valence-electron chi connectivity index (χ4n) is 3.08. The molecule has 0 spiro atoms. The van der Waals surface area contributed by atoms with Gasteiger partial charge in [-0.2, -0.15) is 0 Å². The van der Waals surface area contributed by atoms with E-state index in [4.69, 9.17) is 0 Å². The normalized spacial score (nSPS) is 25.8. The van der Waals surface area contributed by atoms with Crippen molar-refractivity contribution in [3.05, 3.63) is 20.2 Å². The Morgan fingerprint density at radius 1 is 1.33 bits per heavy atom. The second-order valence-corrected chi connectivity index (χ2v) is 7.21. The number of hydrogen-bond donors (Lipinski definition) is 1. The lowest BCUT2D eigenvalue weighted by Crippen LogP contribution is -2.38. The van der Waals surface area contributed by atoms with E-state index in [1.165, 1.54) is 22.6 Å². The zero-order valence-electron chi connectivity index (χ0n) is 11.8. The van der Waals surface area contributed by atoms with E-state index in [1.807, 2.05) is 0 Å². The summed E-state index contributed by atoms with van der Waals surface area (Å²) in [6, 6.07) is 0. The number of hydrogen-bond acceptors (Lipinski definition) is 3. The summed E-state index contributed by atoms with van der Waals surface area (Å²) in [5, 5.41) is 0. The molecule has 2 rings (SSSR count). The number of nitrogens with zero attached hydrogens (tertiary/aromatic N) is 1. The van der Waals surface area contributed by atoms with Gasteiger partial charge in [0.1, 0.15) is 0 Å². The number of likely N-dealkylation sites (tertiary alicyclic amines) is 1. The van der Waals surface area contributed by atoms with Gasteiger partial charge in [-0.25, -0.2) is 0 Å². The molecule has 2 unspecified atom stereocenters. The molecule has 4 heteroatoms. The van der Waals surface area contributed by atoms with Gasteiger partial charge in [-0.05, 0) is 24.2 Å². The molecule has 1 fully saturated rings. The molecule has 2 heterocycles. The van der Waals surface area contributed by atoms with Crippen LogP contribution in [0.2, 0.25) is 0 Å². The van der Waals surface area contributed by atoms with Crippen LogP contribution < -0.4 is 4.87 Å². The smallest absolute Gasteiger partial charge is 0.304 e. The maximum atomic E-state index is 11.5. The van der Waals surface area contributed by atoms with Crippen molar-refractivity contribution in [1.29, 1.82) is 0 Å². The molecule has 1 aliphatic rings. The zero-order chi connectivity index (χ0) is 13.3. The number of aromatic nitrogens is 1. The Balaban J connectivity index is 2.11. The van der Waals surface area contributed by atoms with Crippen molar-refractivity contribution >= 4 is 11.3 Å². The summed E-state index contributed by atoms with van der Waals surface area (Å²) in [5.74, 6) is 1.94. The summed E-state index contributed by atoms with van der Waals surface area (Å²) in [6.45, 7) is 12.2. The van der Waals surface area contributed by atoms with Crippen LogP contribution in [-0.4, -0.2) is 23.0 Å². The summed E-state index contributed by atoms with van der Waals surface area (Å²) in [5.41, 5.74) is 1.14. The molecule has 0 bridgehead atoms. The largest absolute Gasteiger partial charge is 0.316 e. The summed E-state index contributed by atoms with van der Waals surface area (Å²) in [4.78, 5) is 18.3. The van der Waals surface area contributed by atoms with Gasteiger partial charge in [0.05, 0.1) is 0 Å². The van der Waals surface area contributed by atoms with Crippen molar-refractivity contribution in [3.8, 4) is 0 Å². The van der Waals surface area contributed by atoms with Gasteiger partial charge in [-0.15, -0.1) is 0 Å². The highest BCUT2D eigenvalue weighted by Crippen LogP contribution is 2.25. The van der Waals surface area contributed by atoms with Crippen LogP contribution in [0.3, 0.4) is 0 Å². The van der Waals surface area contributed by atoms with Crippen LogP contribution in [0.5, 0.6) is 0 Å². The Bertz CT molecular complexity index is 439. The molecule has 1 saturated heterocycles. The Hall–Kier alpha value is -0.610. The molecule has 0 saturated carbocycles. The van der Waals surface area contributed by atoms with Gasteiger partial charge in [-0.3, -0.25) is 9.69 Å². The minimum absolute atomic E-state index is 0.0896. The predicted molar refractivity (Wildman–Crippen MR) is 77.3 cm³/mol. The number of nitrogens with one attached hydrogen (secondary N) is 1. The van der Waals surface area contributed by atoms with E-state index in [1.54, 1.807) is 0 Å². The molecule has 1 aromatic heterocycles. The van der Waals surface area contributed by atoms with E-state index in [-0.39, 0.29) is 4.87 Å². The molecular weight excluding hydrogens is 244 g/mol. The van der Waals surface area contributed by atoms with E-state index in [0.29, 0.717) is 5.92 Å². The number of rotatable bonds is 3. The van der Waals surface area contributed by atoms with Crippen molar-refractivity contribution in [2.24, 2.45) is 11.8 Å². The quantitative estimate of drug-likeness (QED) is 0.914. The Morgan fingerprint density at radius 3 is 2.50 bits per heavy atom. The number of thiazole rings is 1. The third-order valence-electron chi connectivity index (χ3n) is 3.64. The molecule has 1 aliphatic heterocycles. The highest BCUT2D eigenvalue weighted by molar-refractivity contribution is 7.09. The molecule has 2 atom stereocenters. The molecule has 1 N–H and O–H groups in total. The van der Waals surface area contributed by atoms with Gasteiger partial charge in [0.25, 0.3) is 0 Å². The molecule has 102 valence electrons. The number of aromatic amines is 1. The lowest BCUT2D eigenvalue weighted by atomic mass is 9.92. The van der Waals surface area contributed by atoms with E-state index in [0.717, 1.165) is 37.2 Å². The van der Waals surface area contributed by atoms with Crippen LogP contribution in [0, 0.1) is 11.8 Å². The van der Waals surface area contributed by atoms with Crippen LogP contribution in [-0.2, 0) is 6.54 Å². The van der Waals surface area contributed by atoms with Gasteiger partial charge >= 0.3 is 4.87 Å². The van der Waals surface area contributed by atoms with Crippen LogP contribution in [0.1, 0.15) is 50.6 Å². The van der Waals surface area contributed by atoms with Crippen molar-refractivity contribution < 1.29 is 0 Å². The predicted octanol–water partition coefficient (Wildman–Crippen LogP) is 3.04. The highest BCUT2D eigenvalue weighted by atomic mass is 32.1. The zero-order valence-corrected chi connectivity index (χ0v) is 12.6. The Labute approximate surface area is 113 Å². The molecule has 0 amide bonds. The second-order valence-electron chi connectivity index (χ2n) is 6.15. The average Bonchev–Trinajstić information content (AvgIpc) is 2.57. The van der Waals surface area contributed by atoms with E-state index in [9.17, 15) is 4.79 Å². The van der Waals surface area contributed by atoms with Crippen molar-refractivity contribution in [2.75, 3.05) is 13.1 Å². The van der Waals surface area contributed by atoms with Gasteiger partial charge in [0, 0.05) is 30.2 Å². The van der Waals surface area contributed by atoms with Crippen molar-refractivity contribution in [2.45, 2.75) is 46.6 Å². The maximum Gasteiger partial charge on any atom is 0.304 e. The Kier molecular flexibility index (Phi) is 4.28. The molecule has 0 aromatic carbocycles. The number of piperidine rings is 1. The van der Waals surface area contributed by atoms with Gasteiger partial charge in [0.2, 0.25) is 0 Å². The first-order valence-electron chi connectivity index (χ1n) is 6.90. The lowest BCUT2D eigenvalue weighted by molar-refractivity contribution is 0.135. The summed E-state index contributed by atoms with van der Waals surface area (Å²) in [6.07, 6.45) is 1.33. The van der Waals surface area contributed by atoms with Crippen molar-refractivity contribution in [1.82, 2.24) is 9.88 Å². The average molecular weight is 268 g/mol. The van der Waals surface area contributed by atoms with E-state index < -0.39 is 0 Å². The van der Waals surface area contributed by atoms with Crippen LogP contribution in [0.4, 0.5) is 0 Å². The minimum atomic E-state index is 0.0896. The molecule has 0 aliphatic carbocycles. The Morgan fingerprint density at radius 2 is 1.94 bits per heavy atom. The van der Waals surface area contributed by atoms with E-state index in [2.05, 4.69) is 37.6 Å². The topological polar surface area (TPSA) is 36.1 Å². The first-order chi connectivity index (χ1) is 8.45. The summed E-state index contributed by atoms with van der Waals surface area (Å²) >= 11 is 1.39. The van der Waals surface area contributed by atoms with Crippen LogP contribution in [0.15, 0.2) is 4.79 Å². The van der Waals surface area contributed by atoms with E-state index >= 15 is 0 Å². The molecule has 18 heavy (non-hydrogen) atoms. The van der Waals surface area contributed by atoms with Crippen molar-refractivity contribution in [3.63, 3.8) is 0 Å². The molecule has 0 radical (unpaired) electrons. The van der Waals surface area contributed by atoms with Gasteiger partial charge < -0.3 is 4.98 Å². The van der Waals surface area contributed by atoms with Gasteiger partial charge in [0.15, 0.2) is 0 Å². The third kappa shape index (κ3) is 3.23. The fraction of sp³-hybridized carbons (Fsp3) is 0.786. The standard InChI is InChI=1S/C14H24N2OS/c1-9(2)13-12(18-14(17)15-13)8-16-6-10(3)5-11(4)7-16/h9-11H,5-8H2,1-4H3,(H,15,17). The SMILES string of the molecule is CC1CC(C)CN(Cc2sc(=O)[nH]c2C(C)C)C1. The van der Waals surface area contributed by atoms with Crippen LogP contribution >= 0.6 is 11.3 Å². The lowest BCUT2D eigenvalue weighted by Gasteiger charge is -2.34. The maximum absolute atomic E-state index is 11.5. The van der Waals surface area contributed by atoms with Crippen LogP contribution in [0.25, 0.3) is 0 Å². The molecule has 3 nitrogen and oxygen atoms in total. The first kappa shape index (κ1) is 13.8. The third-order valence-corrected chi connectivity index (χ3v) is 4.52. The first-order valence-corrected chi connectivity index (χ1v) is 7.71.